The average molecular weight is 372 g/mol. The Labute approximate surface area is 156 Å². The van der Waals surface area contributed by atoms with Crippen LogP contribution in [0.4, 0.5) is 5.69 Å². The lowest BCUT2D eigenvalue weighted by molar-refractivity contribution is -0.120. The SMILES string of the molecule is Cc1nc2cccc(OC3CCC(NC(=O)CN)CC3)c2c(N)c1C(=O)O. The molecule has 0 atom stereocenters. The minimum Gasteiger partial charge on any atom is -0.490 e. The number of hydrogen-bond acceptors (Lipinski definition) is 6. The molecule has 0 spiro atoms. The van der Waals surface area contributed by atoms with E-state index in [4.69, 9.17) is 16.2 Å². The molecule has 27 heavy (non-hydrogen) atoms. The second kappa shape index (κ2) is 7.79. The molecular weight excluding hydrogens is 348 g/mol. The van der Waals surface area contributed by atoms with Crippen molar-refractivity contribution in [3.63, 3.8) is 0 Å². The van der Waals surface area contributed by atoms with Gasteiger partial charge in [-0.05, 0) is 44.7 Å². The van der Waals surface area contributed by atoms with E-state index in [9.17, 15) is 14.7 Å². The molecule has 1 saturated carbocycles. The number of anilines is 1. The maximum atomic E-state index is 11.5. The Morgan fingerprint density at radius 1 is 1.30 bits per heavy atom. The second-order valence-electron chi connectivity index (χ2n) is 6.80. The number of ether oxygens (including phenoxy) is 1. The lowest BCUT2D eigenvalue weighted by Crippen LogP contribution is -2.42. The third kappa shape index (κ3) is 3.95. The van der Waals surface area contributed by atoms with Crippen LogP contribution in [0.15, 0.2) is 18.2 Å². The number of fused-ring (bicyclic) bond motifs is 1. The molecule has 0 unspecified atom stereocenters. The fourth-order valence-corrected chi connectivity index (χ4v) is 3.60. The van der Waals surface area contributed by atoms with Crippen molar-refractivity contribution in [2.75, 3.05) is 12.3 Å². The van der Waals surface area contributed by atoms with Gasteiger partial charge < -0.3 is 26.6 Å². The first kappa shape index (κ1) is 18.9. The number of nitrogen functional groups attached to an aromatic ring is 1. The lowest BCUT2D eigenvalue weighted by atomic mass is 9.92. The highest BCUT2D eigenvalue weighted by atomic mass is 16.5. The first-order valence-electron chi connectivity index (χ1n) is 8.99. The van der Waals surface area contributed by atoms with Gasteiger partial charge in [0.25, 0.3) is 0 Å². The maximum absolute atomic E-state index is 11.5. The summed E-state index contributed by atoms with van der Waals surface area (Å²) in [7, 11) is 0. The van der Waals surface area contributed by atoms with Crippen molar-refractivity contribution in [2.45, 2.75) is 44.8 Å². The molecule has 0 radical (unpaired) electrons. The number of nitrogens with two attached hydrogens (primary N) is 2. The number of aromatic nitrogens is 1. The van der Waals surface area contributed by atoms with Gasteiger partial charge in [-0.3, -0.25) is 9.78 Å². The molecule has 1 aromatic carbocycles. The van der Waals surface area contributed by atoms with Gasteiger partial charge in [-0.1, -0.05) is 6.07 Å². The van der Waals surface area contributed by atoms with Crippen LogP contribution in [0.2, 0.25) is 0 Å². The highest BCUT2D eigenvalue weighted by Crippen LogP contribution is 2.35. The van der Waals surface area contributed by atoms with E-state index in [1.165, 1.54) is 0 Å². The summed E-state index contributed by atoms with van der Waals surface area (Å²) in [5, 5.41) is 12.9. The van der Waals surface area contributed by atoms with E-state index in [-0.39, 0.29) is 35.8 Å². The smallest absolute Gasteiger partial charge is 0.339 e. The molecule has 1 aromatic heterocycles. The van der Waals surface area contributed by atoms with Gasteiger partial charge in [0.15, 0.2) is 0 Å². The second-order valence-corrected chi connectivity index (χ2v) is 6.80. The van der Waals surface area contributed by atoms with Crippen LogP contribution in [-0.2, 0) is 4.79 Å². The summed E-state index contributed by atoms with van der Waals surface area (Å²) in [6.07, 6.45) is 3.12. The Morgan fingerprint density at radius 2 is 2.00 bits per heavy atom. The highest BCUT2D eigenvalue weighted by molar-refractivity contribution is 6.06. The van der Waals surface area contributed by atoms with E-state index in [1.54, 1.807) is 19.1 Å². The Bertz CT molecular complexity index is 876. The molecule has 1 heterocycles. The average Bonchev–Trinajstić information content (AvgIpc) is 2.62. The molecule has 1 aliphatic rings. The molecule has 8 heteroatoms. The largest absolute Gasteiger partial charge is 0.490 e. The van der Waals surface area contributed by atoms with E-state index in [0.29, 0.717) is 22.3 Å². The minimum absolute atomic E-state index is 0.00625. The summed E-state index contributed by atoms with van der Waals surface area (Å²) in [5.41, 5.74) is 12.7. The van der Waals surface area contributed by atoms with Gasteiger partial charge >= 0.3 is 5.97 Å². The lowest BCUT2D eigenvalue weighted by Gasteiger charge is -2.30. The first-order chi connectivity index (χ1) is 12.9. The van der Waals surface area contributed by atoms with E-state index in [0.717, 1.165) is 25.7 Å². The highest BCUT2D eigenvalue weighted by Gasteiger charge is 2.25. The van der Waals surface area contributed by atoms with Crippen LogP contribution in [-0.4, -0.2) is 40.7 Å². The van der Waals surface area contributed by atoms with Gasteiger partial charge in [0.05, 0.1) is 34.9 Å². The molecule has 1 amide bonds. The molecule has 0 aliphatic heterocycles. The maximum Gasteiger partial charge on any atom is 0.339 e. The monoisotopic (exact) mass is 372 g/mol. The molecular formula is C19H24N4O4. The summed E-state index contributed by atoms with van der Waals surface area (Å²) >= 11 is 0. The van der Waals surface area contributed by atoms with Gasteiger partial charge in [-0.2, -0.15) is 0 Å². The van der Waals surface area contributed by atoms with Crippen LogP contribution in [0.25, 0.3) is 10.9 Å². The Morgan fingerprint density at radius 3 is 2.63 bits per heavy atom. The molecule has 6 N–H and O–H groups in total. The van der Waals surface area contributed by atoms with Crippen LogP contribution in [0.1, 0.15) is 41.7 Å². The number of carboxylic acid groups (broad SMARTS) is 1. The summed E-state index contributed by atoms with van der Waals surface area (Å²) in [6, 6.07) is 5.50. The normalized spacial score (nSPS) is 19.6. The summed E-state index contributed by atoms with van der Waals surface area (Å²) < 4.78 is 6.15. The zero-order chi connectivity index (χ0) is 19.6. The van der Waals surface area contributed by atoms with Crippen molar-refractivity contribution in [1.29, 1.82) is 0 Å². The van der Waals surface area contributed by atoms with Gasteiger partial charge in [0.2, 0.25) is 5.91 Å². The molecule has 3 rings (SSSR count). The van der Waals surface area contributed by atoms with Crippen molar-refractivity contribution >= 4 is 28.5 Å². The number of benzene rings is 1. The van der Waals surface area contributed by atoms with Gasteiger partial charge in [0, 0.05) is 6.04 Å². The zero-order valence-corrected chi connectivity index (χ0v) is 15.2. The van der Waals surface area contributed by atoms with Crippen LogP contribution in [0.3, 0.4) is 0 Å². The number of aryl methyl sites for hydroxylation is 1. The molecule has 1 fully saturated rings. The fourth-order valence-electron chi connectivity index (χ4n) is 3.60. The number of amides is 1. The number of nitrogens with one attached hydrogen (secondary N) is 1. The van der Waals surface area contributed by atoms with Crippen molar-refractivity contribution in [3.05, 3.63) is 29.5 Å². The van der Waals surface area contributed by atoms with Crippen molar-refractivity contribution in [3.8, 4) is 5.75 Å². The number of rotatable bonds is 5. The van der Waals surface area contributed by atoms with E-state index in [1.807, 2.05) is 6.07 Å². The quantitative estimate of drug-likeness (QED) is 0.624. The zero-order valence-electron chi connectivity index (χ0n) is 15.2. The number of hydrogen-bond donors (Lipinski definition) is 4. The van der Waals surface area contributed by atoms with Crippen molar-refractivity contribution in [2.24, 2.45) is 5.73 Å². The standard InChI is InChI=1S/C19H24N4O4/c1-10-16(19(25)26)18(21)17-13(22-10)3-2-4-14(17)27-12-7-5-11(6-8-12)23-15(24)9-20/h2-4,11-12H,5-9,20H2,1H3,(H2,21,22)(H,23,24)(H,25,26). The molecule has 8 nitrogen and oxygen atoms in total. The van der Waals surface area contributed by atoms with E-state index in [2.05, 4.69) is 10.3 Å². The third-order valence-electron chi connectivity index (χ3n) is 4.93. The number of carbonyl (C=O) groups is 2. The molecule has 0 saturated heterocycles. The molecule has 0 bridgehead atoms. The van der Waals surface area contributed by atoms with Crippen molar-refractivity contribution in [1.82, 2.24) is 10.3 Å². The van der Waals surface area contributed by atoms with Crippen LogP contribution >= 0.6 is 0 Å². The van der Waals surface area contributed by atoms with Gasteiger partial charge in [0.1, 0.15) is 11.3 Å². The number of pyridine rings is 1. The molecule has 2 aromatic rings. The summed E-state index contributed by atoms with van der Waals surface area (Å²) in [4.78, 5) is 27.3. The number of carboxylic acids is 1. The number of aromatic carboxylic acids is 1. The first-order valence-corrected chi connectivity index (χ1v) is 8.99. The molecule has 1 aliphatic carbocycles. The van der Waals surface area contributed by atoms with Crippen LogP contribution in [0, 0.1) is 6.92 Å². The third-order valence-corrected chi connectivity index (χ3v) is 4.93. The Kier molecular flexibility index (Phi) is 5.46. The fraction of sp³-hybridized carbons (Fsp3) is 0.421. The van der Waals surface area contributed by atoms with Crippen molar-refractivity contribution < 1.29 is 19.4 Å². The Hall–Kier alpha value is -2.87. The number of carbonyl (C=O) groups excluding carboxylic acids is 1. The molecule has 144 valence electrons. The van der Waals surface area contributed by atoms with E-state index < -0.39 is 5.97 Å². The predicted octanol–water partition coefficient (Wildman–Crippen LogP) is 1.59. The predicted molar refractivity (Wildman–Crippen MR) is 102 cm³/mol. The summed E-state index contributed by atoms with van der Waals surface area (Å²) in [5.74, 6) is -0.719. The van der Waals surface area contributed by atoms with Gasteiger partial charge in [-0.15, -0.1) is 0 Å². The van der Waals surface area contributed by atoms with Crippen LogP contribution < -0.4 is 21.5 Å². The summed E-state index contributed by atoms with van der Waals surface area (Å²) in [6.45, 7) is 1.62. The van der Waals surface area contributed by atoms with E-state index >= 15 is 0 Å². The Balaban J connectivity index is 1.81. The minimum atomic E-state index is -1.11. The topological polar surface area (TPSA) is 141 Å². The van der Waals surface area contributed by atoms with Crippen LogP contribution in [0.5, 0.6) is 5.75 Å². The number of nitrogens with zero attached hydrogens (tertiary/aromatic N) is 1. The van der Waals surface area contributed by atoms with Gasteiger partial charge in [-0.25, -0.2) is 4.79 Å².